The van der Waals surface area contributed by atoms with Crippen molar-refractivity contribution in [3.05, 3.63) is 16.8 Å². The molecule has 0 unspecified atom stereocenters. The fourth-order valence-electron chi connectivity index (χ4n) is 2.76. The number of aliphatic carboxylic acids is 1. The highest BCUT2D eigenvalue weighted by Crippen LogP contribution is 2.40. The summed E-state index contributed by atoms with van der Waals surface area (Å²) in [4.78, 5) is 22.4. The van der Waals surface area contributed by atoms with Gasteiger partial charge in [0.15, 0.2) is 0 Å². The molecule has 17 heavy (non-hydrogen) atoms. The van der Waals surface area contributed by atoms with Gasteiger partial charge in [-0.3, -0.25) is 9.36 Å². The summed E-state index contributed by atoms with van der Waals surface area (Å²) in [5, 5.41) is 15.0. The van der Waals surface area contributed by atoms with E-state index in [4.69, 9.17) is 5.11 Å². The maximum absolute atomic E-state index is 11.4. The Bertz CT molecular complexity index is 443. The van der Waals surface area contributed by atoms with Crippen molar-refractivity contribution in [1.82, 2.24) is 14.8 Å². The molecule has 1 aliphatic carbocycles. The number of rotatable bonds is 4. The van der Waals surface area contributed by atoms with Gasteiger partial charge in [-0.1, -0.05) is 19.3 Å². The topological polar surface area (TPSA) is 88.0 Å². The molecule has 1 saturated carbocycles. The minimum atomic E-state index is -0.788. The highest BCUT2D eigenvalue weighted by Gasteiger charge is 2.35. The van der Waals surface area contributed by atoms with Crippen LogP contribution in [0.2, 0.25) is 0 Å². The molecule has 1 aromatic heterocycles. The fourth-order valence-corrected chi connectivity index (χ4v) is 2.76. The number of hydrogen-bond donors (Lipinski definition) is 2. The predicted molar refractivity (Wildman–Crippen MR) is 60.6 cm³/mol. The number of carboxylic acids is 1. The van der Waals surface area contributed by atoms with Crippen molar-refractivity contribution in [3.8, 4) is 0 Å². The van der Waals surface area contributed by atoms with Crippen LogP contribution >= 0.6 is 0 Å². The molecular weight excluding hydrogens is 222 g/mol. The van der Waals surface area contributed by atoms with Crippen molar-refractivity contribution in [3.63, 3.8) is 0 Å². The van der Waals surface area contributed by atoms with Crippen molar-refractivity contribution in [2.45, 2.75) is 45.1 Å². The zero-order chi connectivity index (χ0) is 12.3. The minimum Gasteiger partial charge on any atom is -0.481 e. The minimum absolute atomic E-state index is 0.130. The molecule has 0 bridgehead atoms. The van der Waals surface area contributed by atoms with E-state index in [1.54, 1.807) is 0 Å². The molecule has 1 aromatic rings. The van der Waals surface area contributed by atoms with Gasteiger partial charge in [-0.2, -0.15) is 5.10 Å². The van der Waals surface area contributed by atoms with E-state index >= 15 is 0 Å². The predicted octanol–water partition coefficient (Wildman–Crippen LogP) is 0.997. The molecule has 0 saturated heterocycles. The van der Waals surface area contributed by atoms with E-state index in [1.807, 2.05) is 0 Å². The van der Waals surface area contributed by atoms with E-state index in [2.05, 4.69) is 10.2 Å². The van der Waals surface area contributed by atoms with Gasteiger partial charge in [-0.15, -0.1) is 0 Å². The van der Waals surface area contributed by atoms with Crippen LogP contribution in [-0.4, -0.2) is 25.8 Å². The van der Waals surface area contributed by atoms with Crippen molar-refractivity contribution < 1.29 is 9.90 Å². The number of aromatic amines is 1. The van der Waals surface area contributed by atoms with E-state index in [-0.39, 0.29) is 17.5 Å². The van der Waals surface area contributed by atoms with Crippen LogP contribution in [0, 0.1) is 5.41 Å². The highest BCUT2D eigenvalue weighted by molar-refractivity contribution is 5.67. The lowest BCUT2D eigenvalue weighted by Crippen LogP contribution is -2.35. The Morgan fingerprint density at radius 1 is 1.47 bits per heavy atom. The summed E-state index contributed by atoms with van der Waals surface area (Å²) in [6, 6.07) is 0. The van der Waals surface area contributed by atoms with Gasteiger partial charge in [0, 0.05) is 6.54 Å². The van der Waals surface area contributed by atoms with E-state index in [0.717, 1.165) is 32.1 Å². The van der Waals surface area contributed by atoms with Gasteiger partial charge in [-0.05, 0) is 18.3 Å². The van der Waals surface area contributed by atoms with Crippen LogP contribution in [0.25, 0.3) is 0 Å². The Hall–Kier alpha value is -1.59. The van der Waals surface area contributed by atoms with E-state index in [1.165, 1.54) is 10.9 Å². The van der Waals surface area contributed by atoms with Crippen molar-refractivity contribution in [2.75, 3.05) is 0 Å². The average Bonchev–Trinajstić information content (AvgIpc) is 2.64. The molecule has 0 amide bonds. The largest absolute Gasteiger partial charge is 0.481 e. The summed E-state index contributed by atoms with van der Waals surface area (Å²) in [7, 11) is 0. The number of nitrogens with one attached hydrogen (secondary N) is 1. The fraction of sp³-hybridized carbons (Fsp3) is 0.727. The van der Waals surface area contributed by atoms with Crippen LogP contribution in [0.15, 0.2) is 11.1 Å². The number of H-pyrrole nitrogens is 1. The first kappa shape index (κ1) is 11.9. The highest BCUT2D eigenvalue weighted by atomic mass is 16.4. The lowest BCUT2D eigenvalue weighted by Gasteiger charge is -2.35. The smallest absolute Gasteiger partial charge is 0.343 e. The van der Waals surface area contributed by atoms with Gasteiger partial charge in [0.2, 0.25) is 0 Å². The van der Waals surface area contributed by atoms with Crippen LogP contribution in [-0.2, 0) is 11.3 Å². The third-order valence-electron chi connectivity index (χ3n) is 3.56. The number of carboxylic acid groups (broad SMARTS) is 1. The van der Waals surface area contributed by atoms with E-state index in [9.17, 15) is 9.59 Å². The Morgan fingerprint density at radius 3 is 2.71 bits per heavy atom. The lowest BCUT2D eigenvalue weighted by atomic mass is 9.71. The Kier molecular flexibility index (Phi) is 3.31. The normalized spacial score (nSPS) is 19.1. The van der Waals surface area contributed by atoms with Crippen LogP contribution in [0.4, 0.5) is 0 Å². The molecule has 6 heteroatoms. The molecule has 1 aliphatic rings. The molecule has 0 radical (unpaired) electrons. The Balaban J connectivity index is 2.18. The summed E-state index contributed by atoms with van der Waals surface area (Å²) in [5.41, 5.74) is -0.544. The number of hydrogen-bond acceptors (Lipinski definition) is 3. The van der Waals surface area contributed by atoms with Crippen LogP contribution in [0.1, 0.15) is 38.5 Å². The molecular formula is C11H17N3O3. The first-order valence-electron chi connectivity index (χ1n) is 5.93. The second kappa shape index (κ2) is 4.73. The molecule has 0 spiro atoms. The second-order valence-corrected chi connectivity index (χ2v) is 4.92. The van der Waals surface area contributed by atoms with Gasteiger partial charge in [0.25, 0.3) is 0 Å². The number of nitrogens with zero attached hydrogens (tertiary/aromatic N) is 2. The first-order valence-corrected chi connectivity index (χ1v) is 5.93. The van der Waals surface area contributed by atoms with E-state index in [0.29, 0.717) is 6.54 Å². The summed E-state index contributed by atoms with van der Waals surface area (Å²) in [6.45, 7) is 0.453. The van der Waals surface area contributed by atoms with Crippen molar-refractivity contribution in [2.24, 2.45) is 5.41 Å². The zero-order valence-corrected chi connectivity index (χ0v) is 9.69. The first-order chi connectivity index (χ1) is 8.11. The maximum atomic E-state index is 11.4. The molecule has 0 aliphatic heterocycles. The molecule has 1 heterocycles. The third-order valence-corrected chi connectivity index (χ3v) is 3.56. The number of aromatic nitrogens is 3. The van der Waals surface area contributed by atoms with Gasteiger partial charge < -0.3 is 5.11 Å². The summed E-state index contributed by atoms with van der Waals surface area (Å²) in [5.74, 6) is -0.788. The molecule has 2 rings (SSSR count). The molecule has 2 N–H and O–H groups in total. The zero-order valence-electron chi connectivity index (χ0n) is 9.69. The Morgan fingerprint density at radius 2 is 2.18 bits per heavy atom. The van der Waals surface area contributed by atoms with Gasteiger partial charge >= 0.3 is 11.7 Å². The number of carbonyl (C=O) groups is 1. The molecule has 1 fully saturated rings. The van der Waals surface area contributed by atoms with Gasteiger partial charge in [0.05, 0.1) is 6.42 Å². The van der Waals surface area contributed by atoms with Crippen molar-refractivity contribution >= 4 is 5.97 Å². The maximum Gasteiger partial charge on any atom is 0.343 e. The monoisotopic (exact) mass is 239 g/mol. The standard InChI is InChI=1S/C11H17N3O3/c15-9(16)6-11(4-2-1-3-5-11)7-14-8-12-13-10(14)17/h8H,1-7H2,(H,13,17)(H,15,16). The molecule has 94 valence electrons. The second-order valence-electron chi connectivity index (χ2n) is 4.92. The lowest BCUT2D eigenvalue weighted by molar-refractivity contribution is -0.140. The van der Waals surface area contributed by atoms with E-state index < -0.39 is 5.97 Å². The molecule has 0 aromatic carbocycles. The van der Waals surface area contributed by atoms with Crippen molar-refractivity contribution in [1.29, 1.82) is 0 Å². The summed E-state index contributed by atoms with van der Waals surface area (Å²) >= 11 is 0. The third kappa shape index (κ3) is 2.75. The Labute approximate surface area is 98.7 Å². The van der Waals surface area contributed by atoms with Crippen LogP contribution < -0.4 is 5.69 Å². The quantitative estimate of drug-likeness (QED) is 0.820. The van der Waals surface area contributed by atoms with Gasteiger partial charge in [0.1, 0.15) is 6.33 Å². The SMILES string of the molecule is O=C(O)CC1(Cn2cn[nH]c2=O)CCCCC1. The van der Waals surface area contributed by atoms with Crippen LogP contribution in [0.5, 0.6) is 0 Å². The average molecular weight is 239 g/mol. The molecule has 0 atom stereocenters. The summed E-state index contributed by atoms with van der Waals surface area (Å²) in [6.07, 6.45) is 6.56. The van der Waals surface area contributed by atoms with Crippen LogP contribution in [0.3, 0.4) is 0 Å². The molecule has 6 nitrogen and oxygen atoms in total. The summed E-state index contributed by atoms with van der Waals surface area (Å²) < 4.78 is 1.48. The van der Waals surface area contributed by atoms with Gasteiger partial charge in [-0.25, -0.2) is 9.89 Å².